The molecule has 7 nitrogen and oxygen atoms in total. The second-order valence-electron chi connectivity index (χ2n) is 8.65. The van der Waals surface area contributed by atoms with Gasteiger partial charge < -0.3 is 10.1 Å². The minimum Gasteiger partial charge on any atom is -0.471 e. The maximum atomic E-state index is 12.5. The van der Waals surface area contributed by atoms with E-state index in [4.69, 9.17) is 4.74 Å². The zero-order valence-corrected chi connectivity index (χ0v) is 18.5. The summed E-state index contributed by atoms with van der Waals surface area (Å²) in [4.78, 5) is 12.5. The summed E-state index contributed by atoms with van der Waals surface area (Å²) in [6.45, 7) is 7.38. The lowest BCUT2D eigenvalue weighted by atomic mass is 9.87. The van der Waals surface area contributed by atoms with Crippen molar-refractivity contribution in [3.8, 4) is 5.75 Å². The number of hydrogen-bond donors (Lipinski definition) is 1. The summed E-state index contributed by atoms with van der Waals surface area (Å²) in [7, 11) is 0. The quantitative estimate of drug-likeness (QED) is 0.462. The Hall–Kier alpha value is -3.87. The molecule has 4 aromatic rings. The molecule has 2 aromatic carbocycles. The first-order valence-electron chi connectivity index (χ1n) is 10.5. The van der Waals surface area contributed by atoms with Crippen molar-refractivity contribution in [3.63, 3.8) is 0 Å². The Balaban J connectivity index is 1.31. The Kier molecular flexibility index (Phi) is 6.07. The molecule has 0 saturated carbocycles. The maximum Gasteiger partial charge on any atom is 0.276 e. The molecule has 0 aliphatic carbocycles. The average Bonchev–Trinajstić information content (AvgIpc) is 3.42. The highest BCUT2D eigenvalue weighted by molar-refractivity contribution is 6.02. The van der Waals surface area contributed by atoms with E-state index in [9.17, 15) is 4.79 Å². The van der Waals surface area contributed by atoms with Crippen molar-refractivity contribution < 1.29 is 9.53 Å². The van der Waals surface area contributed by atoms with Crippen LogP contribution in [-0.2, 0) is 18.7 Å². The summed E-state index contributed by atoms with van der Waals surface area (Å²) in [6.07, 6.45) is 5.14. The summed E-state index contributed by atoms with van der Waals surface area (Å²) in [5.41, 5.74) is 3.42. The zero-order chi connectivity index (χ0) is 22.6. The van der Waals surface area contributed by atoms with Crippen molar-refractivity contribution in [2.75, 3.05) is 5.32 Å². The summed E-state index contributed by atoms with van der Waals surface area (Å²) in [5.74, 6) is 0.461. The first-order chi connectivity index (χ1) is 15.4. The standard InChI is InChI=1S/C25H27N5O2/c1-25(2,3)20-9-11-22(12-10-20)32-18-29-14-13-23(28-29)24(31)27-21-15-26-30(17-21)16-19-7-5-4-6-8-19/h4-15,17H,16,18H2,1-3H3,(H,27,31). The number of anilines is 1. The van der Waals surface area contributed by atoms with Crippen LogP contribution in [0.15, 0.2) is 79.3 Å². The second kappa shape index (κ2) is 9.09. The van der Waals surface area contributed by atoms with Gasteiger partial charge in [0.1, 0.15) is 5.75 Å². The third-order valence-electron chi connectivity index (χ3n) is 5.04. The SMILES string of the molecule is CC(C)(C)c1ccc(OCn2ccc(C(=O)Nc3cnn(Cc4ccccc4)c3)n2)cc1. The fourth-order valence-corrected chi connectivity index (χ4v) is 3.23. The van der Waals surface area contributed by atoms with Crippen molar-refractivity contribution in [3.05, 3.63) is 96.1 Å². The molecule has 164 valence electrons. The van der Waals surface area contributed by atoms with E-state index in [2.05, 4.69) is 48.4 Å². The molecule has 1 N–H and O–H groups in total. The summed E-state index contributed by atoms with van der Waals surface area (Å²) >= 11 is 0. The van der Waals surface area contributed by atoms with Gasteiger partial charge in [-0.25, -0.2) is 4.68 Å². The van der Waals surface area contributed by atoms with Crippen LogP contribution in [-0.4, -0.2) is 25.5 Å². The van der Waals surface area contributed by atoms with Crippen molar-refractivity contribution in [1.82, 2.24) is 19.6 Å². The van der Waals surface area contributed by atoms with E-state index in [0.717, 1.165) is 11.3 Å². The normalized spacial score (nSPS) is 11.3. The lowest BCUT2D eigenvalue weighted by Gasteiger charge is -2.19. The van der Waals surface area contributed by atoms with Gasteiger partial charge in [0.2, 0.25) is 0 Å². The van der Waals surface area contributed by atoms with Crippen molar-refractivity contribution in [2.45, 2.75) is 39.5 Å². The molecule has 2 heterocycles. The number of carbonyl (C=O) groups is 1. The number of nitrogens with zero attached hydrogens (tertiary/aromatic N) is 4. The number of nitrogens with one attached hydrogen (secondary N) is 1. The van der Waals surface area contributed by atoms with Gasteiger partial charge >= 0.3 is 0 Å². The van der Waals surface area contributed by atoms with E-state index in [1.165, 1.54) is 5.56 Å². The van der Waals surface area contributed by atoms with Crippen LogP contribution in [0.4, 0.5) is 5.69 Å². The molecule has 0 aliphatic rings. The zero-order valence-electron chi connectivity index (χ0n) is 18.5. The lowest BCUT2D eigenvalue weighted by molar-refractivity contribution is 0.102. The summed E-state index contributed by atoms with van der Waals surface area (Å²) in [5, 5.41) is 11.4. The van der Waals surface area contributed by atoms with Gasteiger partial charge in [0.05, 0.1) is 18.4 Å². The van der Waals surface area contributed by atoms with Crippen molar-refractivity contribution in [1.29, 1.82) is 0 Å². The molecule has 0 unspecified atom stereocenters. The van der Waals surface area contributed by atoms with Crippen LogP contribution >= 0.6 is 0 Å². The first-order valence-corrected chi connectivity index (χ1v) is 10.5. The van der Waals surface area contributed by atoms with Crippen LogP contribution in [0.3, 0.4) is 0 Å². The molecular formula is C25H27N5O2. The Morgan fingerprint density at radius 1 is 1.00 bits per heavy atom. The van der Waals surface area contributed by atoms with Crippen molar-refractivity contribution in [2.24, 2.45) is 0 Å². The van der Waals surface area contributed by atoms with Gasteiger partial charge in [-0.3, -0.25) is 9.48 Å². The van der Waals surface area contributed by atoms with Gasteiger partial charge in [0, 0.05) is 12.4 Å². The van der Waals surface area contributed by atoms with Crippen molar-refractivity contribution >= 4 is 11.6 Å². The Bertz CT molecular complexity index is 1170. The molecule has 4 rings (SSSR count). The number of carbonyl (C=O) groups excluding carboxylic acids is 1. The van der Waals surface area contributed by atoms with E-state index in [0.29, 0.717) is 17.9 Å². The van der Waals surface area contributed by atoms with E-state index in [1.807, 2.05) is 42.5 Å². The topological polar surface area (TPSA) is 74.0 Å². The monoisotopic (exact) mass is 429 g/mol. The first kappa shape index (κ1) is 21.4. The smallest absolute Gasteiger partial charge is 0.276 e. The number of aromatic nitrogens is 4. The van der Waals surface area contributed by atoms with E-state index >= 15 is 0 Å². The maximum absolute atomic E-state index is 12.5. The molecular weight excluding hydrogens is 402 g/mol. The van der Waals surface area contributed by atoms with E-state index in [1.54, 1.807) is 34.0 Å². The summed E-state index contributed by atoms with van der Waals surface area (Å²) in [6, 6.07) is 19.7. The minimum absolute atomic E-state index is 0.0980. The van der Waals surface area contributed by atoms with Crippen LogP contribution in [0.2, 0.25) is 0 Å². The Morgan fingerprint density at radius 3 is 2.47 bits per heavy atom. The van der Waals surface area contributed by atoms with Gasteiger partial charge in [-0.2, -0.15) is 10.2 Å². The van der Waals surface area contributed by atoms with E-state index in [-0.39, 0.29) is 18.1 Å². The third kappa shape index (κ3) is 5.43. The Labute approximate surface area is 187 Å². The highest BCUT2D eigenvalue weighted by Crippen LogP contribution is 2.24. The highest BCUT2D eigenvalue weighted by Gasteiger charge is 2.14. The molecule has 0 radical (unpaired) electrons. The second-order valence-corrected chi connectivity index (χ2v) is 8.65. The molecule has 0 fully saturated rings. The van der Waals surface area contributed by atoms with E-state index < -0.39 is 0 Å². The molecule has 2 aromatic heterocycles. The number of benzene rings is 2. The van der Waals surface area contributed by atoms with Gasteiger partial charge in [0.15, 0.2) is 12.4 Å². The predicted octanol–water partition coefficient (Wildman–Crippen LogP) is 4.71. The van der Waals surface area contributed by atoms with Crippen LogP contribution < -0.4 is 10.1 Å². The predicted molar refractivity (Wildman–Crippen MR) is 124 cm³/mol. The molecule has 0 spiro atoms. The fraction of sp³-hybridized carbons (Fsp3) is 0.240. The van der Waals surface area contributed by atoms with Gasteiger partial charge in [0.25, 0.3) is 5.91 Å². The molecule has 0 bridgehead atoms. The fourth-order valence-electron chi connectivity index (χ4n) is 3.23. The molecule has 0 saturated heterocycles. The molecule has 7 heteroatoms. The van der Waals surface area contributed by atoms with Gasteiger partial charge in [-0.1, -0.05) is 63.2 Å². The lowest BCUT2D eigenvalue weighted by Crippen LogP contribution is -2.14. The molecule has 0 aliphatic heterocycles. The largest absolute Gasteiger partial charge is 0.471 e. The highest BCUT2D eigenvalue weighted by atomic mass is 16.5. The third-order valence-corrected chi connectivity index (χ3v) is 5.04. The number of hydrogen-bond acceptors (Lipinski definition) is 4. The molecule has 0 atom stereocenters. The molecule has 1 amide bonds. The van der Waals surface area contributed by atoms with Crippen LogP contribution in [0.1, 0.15) is 42.4 Å². The number of ether oxygens (including phenoxy) is 1. The van der Waals surface area contributed by atoms with Crippen LogP contribution in [0.25, 0.3) is 0 Å². The van der Waals surface area contributed by atoms with Gasteiger partial charge in [-0.05, 0) is 34.7 Å². The minimum atomic E-state index is -0.294. The number of amides is 1. The molecule has 32 heavy (non-hydrogen) atoms. The summed E-state index contributed by atoms with van der Waals surface area (Å²) < 4.78 is 9.16. The van der Waals surface area contributed by atoms with Crippen LogP contribution in [0.5, 0.6) is 5.75 Å². The Morgan fingerprint density at radius 2 is 1.75 bits per heavy atom. The van der Waals surface area contributed by atoms with Gasteiger partial charge in [-0.15, -0.1) is 0 Å². The number of rotatable bonds is 7. The van der Waals surface area contributed by atoms with Crippen LogP contribution in [0, 0.1) is 0 Å². The average molecular weight is 430 g/mol.